The summed E-state index contributed by atoms with van der Waals surface area (Å²) in [6.07, 6.45) is 0.988. The first-order valence-corrected chi connectivity index (χ1v) is 5.16. The van der Waals surface area contributed by atoms with Crippen molar-refractivity contribution >= 4 is 11.6 Å². The van der Waals surface area contributed by atoms with Crippen LogP contribution in [0.4, 0.5) is 0 Å². The lowest BCUT2D eigenvalue weighted by Crippen LogP contribution is -2.21. The van der Waals surface area contributed by atoms with Gasteiger partial charge in [0.1, 0.15) is 0 Å². The highest BCUT2D eigenvalue weighted by atomic mass is 35.5. The van der Waals surface area contributed by atoms with Crippen molar-refractivity contribution in [2.24, 2.45) is 11.1 Å². The summed E-state index contributed by atoms with van der Waals surface area (Å²) in [4.78, 5) is 0. The summed E-state index contributed by atoms with van der Waals surface area (Å²) in [6, 6.07) is 7.79. The van der Waals surface area contributed by atoms with Crippen molar-refractivity contribution in [1.29, 1.82) is 0 Å². The third-order valence-electron chi connectivity index (χ3n) is 3.18. The second-order valence-corrected chi connectivity index (χ2v) is 4.47. The van der Waals surface area contributed by atoms with Gasteiger partial charge in [0.05, 0.1) is 6.61 Å². The highest BCUT2D eigenvalue weighted by Crippen LogP contribution is 2.58. The predicted molar refractivity (Wildman–Crippen MR) is 57.4 cm³/mol. The van der Waals surface area contributed by atoms with E-state index in [1.54, 1.807) is 0 Å². The molecule has 0 aliphatic heterocycles. The summed E-state index contributed by atoms with van der Waals surface area (Å²) < 4.78 is 0. The number of hydrogen-bond donors (Lipinski definition) is 2. The topological polar surface area (TPSA) is 46.2 Å². The Hall–Kier alpha value is -0.570. The molecular formula is C11H14ClNO. The van der Waals surface area contributed by atoms with Crippen LogP contribution in [0.1, 0.15) is 17.9 Å². The third kappa shape index (κ3) is 1.54. The van der Waals surface area contributed by atoms with Crippen molar-refractivity contribution in [3.8, 4) is 0 Å². The Bertz CT molecular complexity index is 319. The maximum atomic E-state index is 9.24. The van der Waals surface area contributed by atoms with E-state index in [1.165, 1.54) is 5.56 Å². The summed E-state index contributed by atoms with van der Waals surface area (Å²) in [6.45, 7) is 0.730. The van der Waals surface area contributed by atoms with E-state index in [9.17, 15) is 5.11 Å². The number of halogens is 1. The van der Waals surface area contributed by atoms with Gasteiger partial charge >= 0.3 is 0 Å². The van der Waals surface area contributed by atoms with E-state index in [1.807, 2.05) is 24.3 Å². The second-order valence-electron chi connectivity index (χ2n) is 4.03. The van der Waals surface area contributed by atoms with Crippen LogP contribution in [0, 0.1) is 5.41 Å². The van der Waals surface area contributed by atoms with Gasteiger partial charge in [-0.3, -0.25) is 0 Å². The van der Waals surface area contributed by atoms with Gasteiger partial charge < -0.3 is 10.8 Å². The summed E-state index contributed by atoms with van der Waals surface area (Å²) in [7, 11) is 0. The quantitative estimate of drug-likeness (QED) is 0.801. The van der Waals surface area contributed by atoms with Gasteiger partial charge in [-0.25, -0.2) is 0 Å². The van der Waals surface area contributed by atoms with Crippen molar-refractivity contribution in [3.63, 3.8) is 0 Å². The zero-order valence-electron chi connectivity index (χ0n) is 7.91. The fourth-order valence-electron chi connectivity index (χ4n) is 1.98. The van der Waals surface area contributed by atoms with Crippen LogP contribution >= 0.6 is 11.6 Å². The van der Waals surface area contributed by atoms with E-state index in [0.717, 1.165) is 11.4 Å². The molecule has 76 valence electrons. The first kappa shape index (κ1) is 9.97. The molecule has 1 aromatic rings. The largest absolute Gasteiger partial charge is 0.396 e. The molecule has 0 radical (unpaired) electrons. The molecular weight excluding hydrogens is 198 g/mol. The first-order valence-electron chi connectivity index (χ1n) is 4.78. The zero-order valence-corrected chi connectivity index (χ0v) is 8.67. The van der Waals surface area contributed by atoms with Crippen molar-refractivity contribution in [1.82, 2.24) is 0 Å². The molecule has 2 rings (SSSR count). The Morgan fingerprint density at radius 1 is 1.43 bits per heavy atom. The van der Waals surface area contributed by atoms with Gasteiger partial charge in [0.15, 0.2) is 0 Å². The molecule has 0 heterocycles. The molecule has 0 bridgehead atoms. The normalized spacial score (nSPS) is 30.4. The lowest BCUT2D eigenvalue weighted by Gasteiger charge is -2.10. The van der Waals surface area contributed by atoms with Gasteiger partial charge in [-0.1, -0.05) is 23.7 Å². The number of nitrogens with two attached hydrogens (primary N) is 1. The lowest BCUT2D eigenvalue weighted by molar-refractivity contribution is 0.211. The van der Waals surface area contributed by atoms with Gasteiger partial charge in [-0.2, -0.15) is 0 Å². The number of aliphatic hydroxyl groups excluding tert-OH is 1. The predicted octanol–water partition coefficient (Wildman–Crippen LogP) is 1.76. The molecule has 0 spiro atoms. The standard InChI is InChI=1S/C11H14ClNO/c12-9-3-1-8(2-4-9)10-5-11(10,6-13)7-14/h1-4,10,14H,5-7,13H2/t10-,11+/m0/s1. The summed E-state index contributed by atoms with van der Waals surface area (Å²) >= 11 is 5.80. The van der Waals surface area contributed by atoms with Crippen LogP contribution in [0.15, 0.2) is 24.3 Å². The van der Waals surface area contributed by atoms with Crippen LogP contribution in [0.25, 0.3) is 0 Å². The van der Waals surface area contributed by atoms with Crippen LogP contribution in [-0.2, 0) is 0 Å². The molecule has 2 atom stereocenters. The molecule has 2 nitrogen and oxygen atoms in total. The highest BCUT2D eigenvalue weighted by Gasteiger charge is 2.53. The fraction of sp³-hybridized carbons (Fsp3) is 0.455. The van der Waals surface area contributed by atoms with Gasteiger partial charge in [-0.05, 0) is 30.0 Å². The second kappa shape index (κ2) is 3.54. The van der Waals surface area contributed by atoms with Gasteiger partial charge in [0.2, 0.25) is 0 Å². The molecule has 0 amide bonds. The van der Waals surface area contributed by atoms with Crippen molar-refractivity contribution in [2.45, 2.75) is 12.3 Å². The molecule has 3 N–H and O–H groups in total. The molecule has 1 fully saturated rings. The van der Waals surface area contributed by atoms with Crippen LogP contribution in [0.5, 0.6) is 0 Å². The lowest BCUT2D eigenvalue weighted by atomic mass is 10.0. The molecule has 0 saturated heterocycles. The average molecular weight is 212 g/mol. The Morgan fingerprint density at radius 3 is 2.50 bits per heavy atom. The minimum atomic E-state index is -0.0617. The molecule has 1 saturated carbocycles. The number of rotatable bonds is 3. The maximum absolute atomic E-state index is 9.24. The van der Waals surface area contributed by atoms with E-state index in [0.29, 0.717) is 12.5 Å². The number of benzene rings is 1. The van der Waals surface area contributed by atoms with Gasteiger partial charge in [0, 0.05) is 17.0 Å². The Morgan fingerprint density at radius 2 is 2.07 bits per heavy atom. The highest BCUT2D eigenvalue weighted by molar-refractivity contribution is 6.30. The Kier molecular flexibility index (Phi) is 2.52. The molecule has 1 aromatic carbocycles. The molecule has 3 heteroatoms. The van der Waals surface area contributed by atoms with Gasteiger partial charge in [0.25, 0.3) is 0 Å². The zero-order chi connectivity index (χ0) is 10.2. The number of hydrogen-bond acceptors (Lipinski definition) is 2. The number of aliphatic hydroxyl groups is 1. The maximum Gasteiger partial charge on any atom is 0.0505 e. The molecule has 0 unspecified atom stereocenters. The first-order chi connectivity index (χ1) is 6.72. The Labute approximate surface area is 88.7 Å². The summed E-state index contributed by atoms with van der Waals surface area (Å²) in [5.74, 6) is 0.412. The molecule has 0 aromatic heterocycles. The van der Waals surface area contributed by atoms with Crippen molar-refractivity contribution in [3.05, 3.63) is 34.9 Å². The summed E-state index contributed by atoms with van der Waals surface area (Å²) in [5.41, 5.74) is 6.82. The smallest absolute Gasteiger partial charge is 0.0505 e. The Balaban J connectivity index is 2.16. The van der Waals surface area contributed by atoms with Crippen LogP contribution in [0.3, 0.4) is 0 Å². The SMILES string of the molecule is NC[C@@]1(CO)C[C@H]1c1ccc(Cl)cc1. The van der Waals surface area contributed by atoms with E-state index in [4.69, 9.17) is 17.3 Å². The molecule has 1 aliphatic carbocycles. The van der Waals surface area contributed by atoms with E-state index in [-0.39, 0.29) is 12.0 Å². The van der Waals surface area contributed by atoms with Crippen LogP contribution in [0.2, 0.25) is 5.02 Å². The van der Waals surface area contributed by atoms with Crippen molar-refractivity contribution in [2.75, 3.05) is 13.2 Å². The van der Waals surface area contributed by atoms with Gasteiger partial charge in [-0.15, -0.1) is 0 Å². The van der Waals surface area contributed by atoms with Crippen LogP contribution < -0.4 is 5.73 Å². The van der Waals surface area contributed by atoms with E-state index >= 15 is 0 Å². The third-order valence-corrected chi connectivity index (χ3v) is 3.44. The van der Waals surface area contributed by atoms with Crippen LogP contribution in [-0.4, -0.2) is 18.3 Å². The van der Waals surface area contributed by atoms with E-state index in [2.05, 4.69) is 0 Å². The monoisotopic (exact) mass is 211 g/mol. The summed E-state index contributed by atoms with van der Waals surface area (Å²) in [5, 5.41) is 9.98. The molecule has 14 heavy (non-hydrogen) atoms. The average Bonchev–Trinajstić information content (AvgIpc) is 2.94. The van der Waals surface area contributed by atoms with Crippen molar-refractivity contribution < 1.29 is 5.11 Å². The van der Waals surface area contributed by atoms with E-state index < -0.39 is 0 Å². The minimum Gasteiger partial charge on any atom is -0.396 e. The fourth-order valence-corrected chi connectivity index (χ4v) is 2.10. The minimum absolute atomic E-state index is 0.0617. The molecule has 1 aliphatic rings.